The smallest absolute Gasteiger partial charge is 0.228 e. The fourth-order valence-corrected chi connectivity index (χ4v) is 3.97. The number of ether oxygens (including phenoxy) is 2. The average molecular weight is 375 g/mol. The second-order valence-electron chi connectivity index (χ2n) is 6.46. The Kier molecular flexibility index (Phi) is 5.78. The van der Waals surface area contributed by atoms with Crippen molar-refractivity contribution < 1.29 is 14.3 Å². The van der Waals surface area contributed by atoms with Gasteiger partial charge in [0.2, 0.25) is 5.91 Å². The zero-order valence-electron chi connectivity index (χ0n) is 15.6. The molecule has 6 nitrogen and oxygen atoms in total. The second kappa shape index (κ2) is 8.05. The van der Waals surface area contributed by atoms with Gasteiger partial charge in [-0.25, -0.2) is 4.98 Å². The number of aromatic nitrogens is 1. The number of hydrogen-bond acceptors (Lipinski definition) is 6. The van der Waals surface area contributed by atoms with Crippen molar-refractivity contribution in [2.45, 2.75) is 32.4 Å². The van der Waals surface area contributed by atoms with Crippen molar-refractivity contribution in [3.8, 4) is 22.1 Å². The average Bonchev–Trinajstić information content (AvgIpc) is 3.11. The molecule has 0 saturated carbocycles. The van der Waals surface area contributed by atoms with Crippen LogP contribution in [0.25, 0.3) is 10.6 Å². The fraction of sp³-hybridized carbons (Fsp3) is 0.474. The lowest BCUT2D eigenvalue weighted by Gasteiger charge is -2.38. The molecule has 140 valence electrons. The zero-order chi connectivity index (χ0) is 18.7. The number of nitrogens with one attached hydrogen (secondary N) is 1. The third kappa shape index (κ3) is 3.83. The Bertz CT molecular complexity index is 777. The van der Waals surface area contributed by atoms with E-state index in [4.69, 9.17) is 9.47 Å². The molecule has 1 aliphatic rings. The predicted octanol–water partition coefficient (Wildman–Crippen LogP) is 2.58. The first kappa shape index (κ1) is 18.7. The van der Waals surface area contributed by atoms with Crippen LogP contribution in [-0.2, 0) is 11.2 Å². The summed E-state index contributed by atoms with van der Waals surface area (Å²) in [5.41, 5.74) is 1.76. The van der Waals surface area contributed by atoms with E-state index in [1.807, 2.05) is 28.5 Å². The molecule has 7 heteroatoms. The van der Waals surface area contributed by atoms with Crippen LogP contribution in [0.2, 0.25) is 0 Å². The van der Waals surface area contributed by atoms with Gasteiger partial charge in [-0.05, 0) is 32.0 Å². The largest absolute Gasteiger partial charge is 0.493 e. The Labute approximate surface area is 158 Å². The normalized spacial score (nSPS) is 20.1. The summed E-state index contributed by atoms with van der Waals surface area (Å²) < 4.78 is 10.6. The maximum atomic E-state index is 12.7. The summed E-state index contributed by atoms with van der Waals surface area (Å²) in [6.45, 7) is 5.79. The molecule has 1 aliphatic heterocycles. The monoisotopic (exact) mass is 375 g/mol. The molecular formula is C19H25N3O3S. The molecule has 1 N–H and O–H groups in total. The molecule has 1 fully saturated rings. The van der Waals surface area contributed by atoms with Crippen molar-refractivity contribution in [2.75, 3.05) is 27.3 Å². The third-order valence-corrected chi connectivity index (χ3v) is 5.81. The van der Waals surface area contributed by atoms with Crippen LogP contribution in [0.1, 0.15) is 19.5 Å². The van der Waals surface area contributed by atoms with E-state index in [-0.39, 0.29) is 11.9 Å². The number of piperazine rings is 1. The van der Waals surface area contributed by atoms with Crippen LogP contribution in [0.5, 0.6) is 11.5 Å². The van der Waals surface area contributed by atoms with E-state index in [2.05, 4.69) is 24.1 Å². The minimum Gasteiger partial charge on any atom is -0.493 e. The Morgan fingerprint density at radius 2 is 2.08 bits per heavy atom. The van der Waals surface area contributed by atoms with E-state index in [0.29, 0.717) is 24.0 Å². The SMILES string of the molecule is COc1ccc(-c2nc(CC(=O)N3CCNC(C)C3C)cs2)cc1OC. The van der Waals surface area contributed by atoms with Crippen molar-refractivity contribution in [1.29, 1.82) is 0 Å². The van der Waals surface area contributed by atoms with Crippen molar-refractivity contribution >= 4 is 17.2 Å². The molecule has 1 aromatic heterocycles. The highest BCUT2D eigenvalue weighted by Crippen LogP contribution is 2.33. The van der Waals surface area contributed by atoms with E-state index in [1.165, 1.54) is 11.3 Å². The summed E-state index contributed by atoms with van der Waals surface area (Å²) in [5, 5.41) is 6.23. The van der Waals surface area contributed by atoms with Gasteiger partial charge in [-0.15, -0.1) is 11.3 Å². The quantitative estimate of drug-likeness (QED) is 0.870. The van der Waals surface area contributed by atoms with Crippen LogP contribution < -0.4 is 14.8 Å². The molecule has 2 aromatic rings. The third-order valence-electron chi connectivity index (χ3n) is 4.87. The number of hydrogen-bond donors (Lipinski definition) is 1. The standard InChI is InChI=1S/C19H25N3O3S/c1-12-13(2)22(8-7-20-12)18(23)10-15-11-26-19(21-15)14-5-6-16(24-3)17(9-14)25-4/h5-6,9,11-13,20H,7-8,10H2,1-4H3. The van der Waals surface area contributed by atoms with Crippen molar-refractivity contribution in [1.82, 2.24) is 15.2 Å². The number of rotatable bonds is 5. The first-order valence-corrected chi connectivity index (χ1v) is 9.61. The molecule has 3 rings (SSSR count). The Morgan fingerprint density at radius 3 is 2.81 bits per heavy atom. The molecular weight excluding hydrogens is 350 g/mol. The second-order valence-corrected chi connectivity index (χ2v) is 7.32. The van der Waals surface area contributed by atoms with Gasteiger partial charge in [0, 0.05) is 36.1 Å². The number of amides is 1. The summed E-state index contributed by atoms with van der Waals surface area (Å²) in [7, 11) is 3.23. The van der Waals surface area contributed by atoms with Crippen LogP contribution in [0.15, 0.2) is 23.6 Å². The van der Waals surface area contributed by atoms with Crippen LogP contribution in [0.4, 0.5) is 0 Å². The van der Waals surface area contributed by atoms with Crippen molar-refractivity contribution in [2.24, 2.45) is 0 Å². The molecule has 1 saturated heterocycles. The summed E-state index contributed by atoms with van der Waals surface area (Å²) in [4.78, 5) is 19.3. The zero-order valence-corrected chi connectivity index (χ0v) is 16.4. The van der Waals surface area contributed by atoms with Gasteiger partial charge in [0.25, 0.3) is 0 Å². The van der Waals surface area contributed by atoms with Crippen LogP contribution in [0.3, 0.4) is 0 Å². The number of benzene rings is 1. The van der Waals surface area contributed by atoms with E-state index in [9.17, 15) is 4.79 Å². The van der Waals surface area contributed by atoms with Gasteiger partial charge in [0.05, 0.1) is 26.3 Å². The predicted molar refractivity (Wildman–Crippen MR) is 103 cm³/mol. The summed E-state index contributed by atoms with van der Waals surface area (Å²) in [5.74, 6) is 1.49. The lowest BCUT2D eigenvalue weighted by atomic mass is 10.1. The first-order valence-electron chi connectivity index (χ1n) is 8.73. The number of carbonyl (C=O) groups is 1. The molecule has 26 heavy (non-hydrogen) atoms. The number of thiazole rings is 1. The maximum absolute atomic E-state index is 12.7. The van der Waals surface area contributed by atoms with E-state index >= 15 is 0 Å². The van der Waals surface area contributed by atoms with Crippen molar-refractivity contribution in [3.63, 3.8) is 0 Å². The van der Waals surface area contributed by atoms with Gasteiger partial charge in [-0.2, -0.15) is 0 Å². The molecule has 2 unspecified atom stereocenters. The van der Waals surface area contributed by atoms with Gasteiger partial charge >= 0.3 is 0 Å². The lowest BCUT2D eigenvalue weighted by molar-refractivity contribution is -0.134. The highest BCUT2D eigenvalue weighted by Gasteiger charge is 2.28. The van der Waals surface area contributed by atoms with Crippen LogP contribution >= 0.6 is 11.3 Å². The van der Waals surface area contributed by atoms with Crippen LogP contribution in [0, 0.1) is 0 Å². The molecule has 1 amide bonds. The molecule has 0 bridgehead atoms. The van der Waals surface area contributed by atoms with E-state index < -0.39 is 0 Å². The lowest BCUT2D eigenvalue weighted by Crippen LogP contribution is -2.57. The highest BCUT2D eigenvalue weighted by molar-refractivity contribution is 7.13. The van der Waals surface area contributed by atoms with Gasteiger partial charge in [0.15, 0.2) is 11.5 Å². The summed E-state index contributed by atoms with van der Waals surface area (Å²) >= 11 is 1.53. The fourth-order valence-electron chi connectivity index (χ4n) is 3.16. The van der Waals surface area contributed by atoms with E-state index in [0.717, 1.165) is 29.4 Å². The van der Waals surface area contributed by atoms with E-state index in [1.54, 1.807) is 14.2 Å². The molecule has 0 aliphatic carbocycles. The Morgan fingerprint density at radius 1 is 1.31 bits per heavy atom. The molecule has 2 heterocycles. The minimum absolute atomic E-state index is 0.134. The first-order chi connectivity index (χ1) is 12.5. The molecule has 1 aromatic carbocycles. The summed E-state index contributed by atoms with van der Waals surface area (Å²) in [6, 6.07) is 6.23. The van der Waals surface area contributed by atoms with Gasteiger partial charge < -0.3 is 19.7 Å². The maximum Gasteiger partial charge on any atom is 0.228 e. The molecule has 0 spiro atoms. The van der Waals surface area contributed by atoms with Gasteiger partial charge in [-0.3, -0.25) is 4.79 Å². The van der Waals surface area contributed by atoms with Crippen LogP contribution in [-0.4, -0.2) is 55.2 Å². The topological polar surface area (TPSA) is 63.7 Å². The minimum atomic E-state index is 0.134. The summed E-state index contributed by atoms with van der Waals surface area (Å²) in [6.07, 6.45) is 0.334. The Balaban J connectivity index is 1.73. The number of methoxy groups -OCH3 is 2. The highest BCUT2D eigenvalue weighted by atomic mass is 32.1. The number of nitrogens with zero attached hydrogens (tertiary/aromatic N) is 2. The number of carbonyl (C=O) groups excluding carboxylic acids is 1. The van der Waals surface area contributed by atoms with Crippen molar-refractivity contribution in [3.05, 3.63) is 29.3 Å². The van der Waals surface area contributed by atoms with Gasteiger partial charge in [-0.1, -0.05) is 0 Å². The molecule has 2 atom stereocenters. The molecule has 0 radical (unpaired) electrons. The van der Waals surface area contributed by atoms with Gasteiger partial charge in [0.1, 0.15) is 5.01 Å². The Hall–Kier alpha value is -2.12.